The molecule has 2 aromatic carbocycles. The number of fused-ring (bicyclic) bond motifs is 5. The van der Waals surface area contributed by atoms with E-state index in [9.17, 15) is 44.3 Å². The molecule has 0 aliphatic heterocycles. The topological polar surface area (TPSA) is 168 Å². The second-order valence-electron chi connectivity index (χ2n) is 16.2. The van der Waals surface area contributed by atoms with Gasteiger partial charge in [-0.3, -0.25) is 28.2 Å². The number of nitrogens with zero attached hydrogens (tertiary/aromatic N) is 7. The fourth-order valence-electron chi connectivity index (χ4n) is 8.81. The predicted octanol–water partition coefficient (Wildman–Crippen LogP) is 7.37. The molecule has 24 heteroatoms. The lowest BCUT2D eigenvalue weighted by Crippen LogP contribution is -2.38. The molecule has 0 radical (unpaired) electrons. The van der Waals surface area contributed by atoms with Crippen LogP contribution in [0.5, 0.6) is 5.88 Å². The van der Waals surface area contributed by atoms with E-state index in [2.05, 4.69) is 30.2 Å². The van der Waals surface area contributed by atoms with E-state index in [1.54, 1.807) is 0 Å². The molecule has 3 atom stereocenters. The molecular weight excluding hydrogens is 906 g/mol. The van der Waals surface area contributed by atoms with E-state index < -0.39 is 118 Å². The van der Waals surface area contributed by atoms with E-state index in [0.717, 1.165) is 23.0 Å². The normalized spacial score (nSPS) is 19.5. The number of nitrogens with one attached hydrogen (secondary N) is 2. The highest BCUT2D eigenvalue weighted by molar-refractivity contribution is 7.92. The molecule has 0 saturated heterocycles. The molecular formula is C40H34ClF8N9O5S. The summed E-state index contributed by atoms with van der Waals surface area (Å²) in [5, 5.41) is 10.4. The summed E-state index contributed by atoms with van der Waals surface area (Å²) in [6.45, 7) is -1.04. The molecule has 0 spiro atoms. The predicted molar refractivity (Wildman–Crippen MR) is 214 cm³/mol. The molecule has 3 aliphatic rings. The van der Waals surface area contributed by atoms with E-state index in [1.165, 1.54) is 36.0 Å². The van der Waals surface area contributed by atoms with Crippen LogP contribution in [-0.2, 0) is 40.8 Å². The number of rotatable bonds is 12. The van der Waals surface area contributed by atoms with Crippen molar-refractivity contribution in [1.82, 2.24) is 39.4 Å². The van der Waals surface area contributed by atoms with Crippen molar-refractivity contribution in [2.75, 3.05) is 11.0 Å². The van der Waals surface area contributed by atoms with Crippen molar-refractivity contribution >= 4 is 55.3 Å². The van der Waals surface area contributed by atoms with Crippen molar-refractivity contribution in [1.29, 1.82) is 0 Å². The standard InChI is InChI=1S/C40H34ClF8N9O5S/c1-56-32-26(5-4-24(41)30(32)36(54-56)55-64(2,61)62)58-37(52-35-21(38(58)60)3-6-28(51-35)63-20-7-9-39(46,47)10-8-20)25(13-17-11-18(42)14-19(43)12-17)50-27(59)16-57-33-29(31(53-57)34(44)45)22-15-23(22)40(33,48)49/h3-6,11-12,14,20,22-23,25,34H,7-10,13,15-16H2,1-2H3,(H,50,59)(H,54,55)/t22-,23+,25-/m0/s1. The Hall–Kier alpha value is -5.84. The van der Waals surface area contributed by atoms with Crippen LogP contribution in [0.1, 0.15) is 78.8 Å². The summed E-state index contributed by atoms with van der Waals surface area (Å²) in [5.41, 5.74) is -3.36. The number of aromatic nitrogens is 7. The third-order valence-corrected chi connectivity index (χ3v) is 12.5. The molecule has 14 nitrogen and oxygen atoms in total. The summed E-state index contributed by atoms with van der Waals surface area (Å²) in [6.07, 6.45) is -4.52. The highest BCUT2D eigenvalue weighted by atomic mass is 35.5. The minimum absolute atomic E-state index is 0.00968. The monoisotopic (exact) mass is 939 g/mol. The SMILES string of the molecule is Cn1nc(NS(C)(=O)=O)c2c(Cl)ccc(-n3c([C@H](Cc4cc(F)cc(F)c4)NC(=O)Cn4nc(C(F)F)c5c4C(F)(F)[C@@H]4C[C@H]54)nc4nc(OC5CCC(F)(F)CC5)ccc4c3=O)c21. The molecule has 3 aliphatic carbocycles. The lowest BCUT2D eigenvalue weighted by atomic mass is 9.94. The molecule has 0 unspecified atom stereocenters. The van der Waals surface area contributed by atoms with E-state index in [4.69, 9.17) is 16.3 Å². The van der Waals surface area contributed by atoms with Crippen LogP contribution >= 0.6 is 11.6 Å². The van der Waals surface area contributed by atoms with Crippen LogP contribution in [0.3, 0.4) is 0 Å². The summed E-state index contributed by atoms with van der Waals surface area (Å²) in [6, 6.07) is 6.10. The number of carbonyl (C=O) groups excluding carboxylic acids is 1. The molecule has 2 fully saturated rings. The van der Waals surface area contributed by atoms with Gasteiger partial charge >= 0.3 is 0 Å². The smallest absolute Gasteiger partial charge is 0.293 e. The zero-order chi connectivity index (χ0) is 45.8. The van der Waals surface area contributed by atoms with Gasteiger partial charge in [-0.1, -0.05) is 11.6 Å². The van der Waals surface area contributed by atoms with Gasteiger partial charge in [-0.2, -0.15) is 24.0 Å². The summed E-state index contributed by atoms with van der Waals surface area (Å²) in [4.78, 5) is 38.1. The van der Waals surface area contributed by atoms with Gasteiger partial charge in [0.25, 0.3) is 17.9 Å². The van der Waals surface area contributed by atoms with Gasteiger partial charge in [0.15, 0.2) is 11.5 Å². The number of sulfonamides is 1. The molecule has 6 aromatic rings. The van der Waals surface area contributed by atoms with Crippen LogP contribution in [0.4, 0.5) is 40.9 Å². The maximum absolute atomic E-state index is 15.5. The van der Waals surface area contributed by atoms with Crippen LogP contribution in [0.25, 0.3) is 27.6 Å². The van der Waals surface area contributed by atoms with E-state index in [0.29, 0.717) is 10.7 Å². The van der Waals surface area contributed by atoms with Crippen molar-refractivity contribution in [3.63, 3.8) is 0 Å². The summed E-state index contributed by atoms with van der Waals surface area (Å²) < 4.78 is 152. The Morgan fingerprint density at radius 1 is 1.02 bits per heavy atom. The maximum atomic E-state index is 15.5. The lowest BCUT2D eigenvalue weighted by Gasteiger charge is -2.28. The quantitative estimate of drug-likeness (QED) is 0.119. The third-order valence-electron chi connectivity index (χ3n) is 11.6. The Labute approximate surface area is 361 Å². The molecule has 0 bridgehead atoms. The van der Waals surface area contributed by atoms with Crippen LogP contribution < -0.4 is 20.3 Å². The number of amides is 1. The Morgan fingerprint density at radius 3 is 2.39 bits per heavy atom. The molecule has 2 saturated carbocycles. The number of pyridine rings is 1. The molecule has 9 rings (SSSR count). The van der Waals surface area contributed by atoms with Crippen LogP contribution in [0, 0.1) is 17.6 Å². The van der Waals surface area contributed by atoms with Crippen molar-refractivity contribution in [2.24, 2.45) is 13.0 Å². The van der Waals surface area contributed by atoms with Crippen LogP contribution in [0.15, 0.2) is 47.3 Å². The summed E-state index contributed by atoms with van der Waals surface area (Å²) >= 11 is 6.60. The number of carbonyl (C=O) groups is 1. The fraction of sp³-hybridized carbons (Fsp3) is 0.400. The van der Waals surface area contributed by atoms with Gasteiger partial charge in [-0.25, -0.2) is 39.7 Å². The number of aryl methyl sites for hydroxylation is 1. The maximum Gasteiger partial charge on any atom is 0.293 e. The molecule has 338 valence electrons. The number of halogens is 9. The van der Waals surface area contributed by atoms with Crippen molar-refractivity contribution in [3.8, 4) is 11.6 Å². The summed E-state index contributed by atoms with van der Waals surface area (Å²) in [5.74, 6) is -12.5. The molecule has 4 heterocycles. The Bertz CT molecular complexity index is 3060. The van der Waals surface area contributed by atoms with Gasteiger partial charge in [0.2, 0.25) is 27.7 Å². The summed E-state index contributed by atoms with van der Waals surface area (Å²) in [7, 11) is -2.54. The molecule has 4 aromatic heterocycles. The average Bonchev–Trinajstić information content (AvgIpc) is 3.73. The van der Waals surface area contributed by atoms with Crippen molar-refractivity contribution in [2.45, 2.75) is 81.4 Å². The number of ether oxygens (including phenoxy) is 1. The van der Waals surface area contributed by atoms with Gasteiger partial charge in [-0.15, -0.1) is 0 Å². The second kappa shape index (κ2) is 15.4. The molecule has 2 N–H and O–H groups in total. The largest absolute Gasteiger partial charge is 0.474 e. The second-order valence-corrected chi connectivity index (χ2v) is 18.4. The Kier molecular flexibility index (Phi) is 10.5. The van der Waals surface area contributed by atoms with E-state index in [-0.39, 0.29) is 74.7 Å². The van der Waals surface area contributed by atoms with Gasteiger partial charge < -0.3 is 10.1 Å². The van der Waals surface area contributed by atoms with Crippen LogP contribution in [0.2, 0.25) is 5.02 Å². The average molecular weight is 940 g/mol. The van der Waals surface area contributed by atoms with Crippen molar-refractivity contribution < 1.29 is 53.1 Å². The zero-order valence-corrected chi connectivity index (χ0v) is 34.9. The van der Waals surface area contributed by atoms with E-state index in [1.807, 2.05) is 0 Å². The number of hydrogen-bond donors (Lipinski definition) is 2. The first-order valence-electron chi connectivity index (χ1n) is 19.7. The number of hydrogen-bond acceptors (Lipinski definition) is 9. The Balaban J connectivity index is 1.22. The molecule has 64 heavy (non-hydrogen) atoms. The lowest BCUT2D eigenvalue weighted by molar-refractivity contribution is -0.123. The number of anilines is 1. The minimum Gasteiger partial charge on any atom is -0.474 e. The highest BCUT2D eigenvalue weighted by Crippen LogP contribution is 2.68. The van der Waals surface area contributed by atoms with Gasteiger partial charge in [0.1, 0.15) is 41.5 Å². The third kappa shape index (κ3) is 7.89. The number of alkyl halides is 6. The number of benzene rings is 2. The van der Waals surface area contributed by atoms with Crippen molar-refractivity contribution in [3.05, 3.63) is 97.8 Å². The van der Waals surface area contributed by atoms with Gasteiger partial charge in [0, 0.05) is 49.9 Å². The zero-order valence-electron chi connectivity index (χ0n) is 33.4. The first-order valence-corrected chi connectivity index (χ1v) is 22.0. The Morgan fingerprint density at radius 2 is 1.72 bits per heavy atom. The highest BCUT2D eigenvalue weighted by Gasteiger charge is 2.67. The first kappa shape index (κ1) is 43.4. The van der Waals surface area contributed by atoms with Crippen LogP contribution in [-0.4, -0.2) is 66.7 Å². The first-order chi connectivity index (χ1) is 30.1. The minimum atomic E-state index is -3.95. The van der Waals surface area contributed by atoms with Gasteiger partial charge in [0.05, 0.1) is 39.3 Å². The van der Waals surface area contributed by atoms with Gasteiger partial charge in [-0.05, 0) is 61.1 Å². The molecule has 1 amide bonds. The fourth-order valence-corrected chi connectivity index (χ4v) is 9.55. The van der Waals surface area contributed by atoms with E-state index >= 15 is 8.78 Å².